The van der Waals surface area contributed by atoms with E-state index in [1.165, 1.54) is 6.92 Å². The molecule has 2 aliphatic carbocycles. The average molecular weight is 586 g/mol. The number of aliphatic hydroxyl groups is 2. The number of carbonyl (C=O) groups is 3. The van der Waals surface area contributed by atoms with E-state index in [0.717, 1.165) is 0 Å². The molecule has 0 radical (unpaired) electrons. The van der Waals surface area contributed by atoms with Crippen LogP contribution in [0, 0.1) is 41.4 Å². The van der Waals surface area contributed by atoms with E-state index < -0.39 is 51.5 Å². The van der Waals surface area contributed by atoms with Gasteiger partial charge >= 0.3 is 5.97 Å². The van der Waals surface area contributed by atoms with Crippen LogP contribution in [0.5, 0.6) is 0 Å². The summed E-state index contributed by atoms with van der Waals surface area (Å²) in [5.41, 5.74) is -1.15. The van der Waals surface area contributed by atoms with E-state index >= 15 is 0 Å². The fourth-order valence-corrected chi connectivity index (χ4v) is 7.13. The molecule has 7 nitrogen and oxygen atoms in total. The second-order valence-electron chi connectivity index (χ2n) is 11.7. The van der Waals surface area contributed by atoms with Gasteiger partial charge < -0.3 is 19.7 Å². The monoisotopic (exact) mass is 584 g/mol. The van der Waals surface area contributed by atoms with Crippen LogP contribution in [0.3, 0.4) is 0 Å². The molecule has 0 aromatic heterocycles. The highest BCUT2D eigenvalue weighted by atomic mass is 35.5. The number of ether oxygens (including phenoxy) is 2. The maximum Gasteiger partial charge on any atom is 0.316 e. The topological polar surface area (TPSA) is 110 Å². The number of rotatable bonds is 5. The van der Waals surface area contributed by atoms with E-state index in [2.05, 4.69) is 6.08 Å². The van der Waals surface area contributed by atoms with Crippen LogP contribution in [0.2, 0.25) is 0 Å². The molecule has 3 aliphatic rings. The number of unbranched alkanes of at least 4 members (excludes halogenated alkanes) is 1. The van der Waals surface area contributed by atoms with Crippen molar-refractivity contribution in [2.45, 2.75) is 76.0 Å². The number of carbonyl (C=O) groups excluding carboxylic acids is 3. The number of alkyl halides is 2. The molecule has 1 fully saturated rings. The number of halogens is 2. The predicted molar refractivity (Wildman–Crippen MR) is 150 cm³/mol. The second kappa shape index (κ2) is 13.0. The van der Waals surface area contributed by atoms with Gasteiger partial charge in [-0.15, -0.1) is 0 Å². The van der Waals surface area contributed by atoms with E-state index in [1.807, 2.05) is 32.1 Å². The van der Waals surface area contributed by atoms with Crippen LogP contribution < -0.4 is 0 Å². The summed E-state index contributed by atoms with van der Waals surface area (Å²) in [7, 11) is 0. The van der Waals surface area contributed by atoms with E-state index in [1.54, 1.807) is 26.0 Å². The number of hydrogen-bond donors (Lipinski definition) is 2. The summed E-state index contributed by atoms with van der Waals surface area (Å²) in [5, 5.41) is 20.5. The third-order valence-electron chi connectivity index (χ3n) is 8.59. The molecule has 0 saturated heterocycles. The van der Waals surface area contributed by atoms with Gasteiger partial charge in [-0.25, -0.2) is 0 Å². The number of fused-ring (bicyclic) bond motifs is 3. The van der Waals surface area contributed by atoms with Crippen molar-refractivity contribution >= 4 is 40.7 Å². The number of Topliss-reactive ketones (excluding diaryl/α,β-unsaturated/α-hetero) is 2. The first-order chi connectivity index (χ1) is 18.2. The first-order valence-electron chi connectivity index (χ1n) is 13.9. The molecule has 2 N–H and O–H groups in total. The molecule has 1 aliphatic heterocycles. The summed E-state index contributed by atoms with van der Waals surface area (Å²) in [6.07, 6.45) is 11.8. The number of ketones is 2. The highest BCUT2D eigenvalue weighted by molar-refractivity contribution is 6.68. The van der Waals surface area contributed by atoms with Crippen molar-refractivity contribution in [2.24, 2.45) is 41.4 Å². The van der Waals surface area contributed by atoms with Crippen LogP contribution in [0.15, 0.2) is 36.5 Å². The molecule has 0 aromatic carbocycles. The van der Waals surface area contributed by atoms with Gasteiger partial charge in [0.05, 0.1) is 11.7 Å². The Hall–Kier alpha value is -1.51. The van der Waals surface area contributed by atoms with Gasteiger partial charge in [0.25, 0.3) is 0 Å². The molecule has 9 heteroatoms. The Kier molecular flexibility index (Phi) is 10.7. The van der Waals surface area contributed by atoms with Gasteiger partial charge in [0.1, 0.15) is 12.0 Å². The number of allylic oxidation sites excluding steroid dienone is 5. The lowest BCUT2D eigenvalue weighted by molar-refractivity contribution is -0.181. The van der Waals surface area contributed by atoms with Gasteiger partial charge in [-0.1, -0.05) is 67.4 Å². The summed E-state index contributed by atoms with van der Waals surface area (Å²) < 4.78 is 9.07. The Bertz CT molecular complexity index is 1000. The zero-order valence-corrected chi connectivity index (χ0v) is 24.9. The lowest BCUT2D eigenvalue weighted by Crippen LogP contribution is -2.60. The maximum atomic E-state index is 14.3. The lowest BCUT2D eigenvalue weighted by Gasteiger charge is -2.54. The highest BCUT2D eigenvalue weighted by Crippen LogP contribution is 2.53. The third kappa shape index (κ3) is 6.87. The number of esters is 1. The molecule has 0 spiro atoms. The fourth-order valence-electron chi connectivity index (χ4n) is 6.55. The summed E-state index contributed by atoms with van der Waals surface area (Å²) in [5.74, 6) is -5.67. The summed E-state index contributed by atoms with van der Waals surface area (Å²) in [6.45, 7) is 9.13. The van der Waals surface area contributed by atoms with Crippen LogP contribution >= 0.6 is 23.2 Å². The molecule has 218 valence electrons. The predicted octanol–water partition coefficient (Wildman–Crippen LogP) is 4.61. The van der Waals surface area contributed by atoms with Crippen molar-refractivity contribution in [3.63, 3.8) is 0 Å². The van der Waals surface area contributed by atoms with E-state index in [0.29, 0.717) is 25.9 Å². The van der Waals surface area contributed by atoms with E-state index in [9.17, 15) is 19.5 Å². The summed E-state index contributed by atoms with van der Waals surface area (Å²) >= 11 is 13.2. The Balaban J connectivity index is 2.08. The minimum Gasteiger partial charge on any atom is -0.458 e. The third-order valence-corrected chi connectivity index (χ3v) is 9.33. The van der Waals surface area contributed by atoms with Gasteiger partial charge in [0, 0.05) is 19.1 Å². The zero-order valence-electron chi connectivity index (χ0n) is 23.4. The van der Waals surface area contributed by atoms with Gasteiger partial charge in [-0.3, -0.25) is 14.4 Å². The van der Waals surface area contributed by atoms with Crippen molar-refractivity contribution < 1.29 is 34.1 Å². The van der Waals surface area contributed by atoms with Gasteiger partial charge in [0.2, 0.25) is 4.33 Å². The number of cyclic esters (lactones) is 1. The Morgan fingerprint density at radius 1 is 1.00 bits per heavy atom. The van der Waals surface area contributed by atoms with Crippen LogP contribution in [0.4, 0.5) is 0 Å². The molecule has 39 heavy (non-hydrogen) atoms. The lowest BCUT2D eigenvalue weighted by atomic mass is 9.54. The van der Waals surface area contributed by atoms with Crippen LogP contribution in [0.25, 0.3) is 0 Å². The second-order valence-corrected chi connectivity index (χ2v) is 13.0. The van der Waals surface area contributed by atoms with Crippen molar-refractivity contribution in [2.75, 3.05) is 13.2 Å². The number of hydrogen-bond acceptors (Lipinski definition) is 7. The van der Waals surface area contributed by atoms with Crippen molar-refractivity contribution in [1.29, 1.82) is 0 Å². The van der Waals surface area contributed by atoms with Gasteiger partial charge in [-0.05, 0) is 75.7 Å². The quantitative estimate of drug-likeness (QED) is 0.159. The summed E-state index contributed by atoms with van der Waals surface area (Å²) in [4.78, 5) is 40.4. The smallest absolute Gasteiger partial charge is 0.316 e. The Labute approximate surface area is 241 Å². The average Bonchev–Trinajstić information content (AvgIpc) is 2.87. The fraction of sp³-hybridized carbons (Fsp3) is 0.700. The standard InChI is InChI=1S/C30H42Cl2O7/c1-17-10-6-7-11-18(2)39-28(36)20(4)25(34)30(31,32)26(35)24-22(17)13-12-21-16-29(5,37)27(19(3)23(21)24)38-15-9-8-14-33/h6-7,10-13,17-24,27,33,37H,8-9,14-16H2,1-5H3/b10-6-,11-7+/t17-,18+,19+,20+,21-,22+,23-,24-,27-,29-/m1/s1. The normalized spacial score (nSPS) is 42.6. The molecule has 1 saturated carbocycles. The van der Waals surface area contributed by atoms with Crippen molar-refractivity contribution in [3.05, 3.63) is 36.5 Å². The molecular formula is C30H42Cl2O7. The Morgan fingerprint density at radius 3 is 2.33 bits per heavy atom. The van der Waals surface area contributed by atoms with Crippen LogP contribution in [-0.4, -0.2) is 63.1 Å². The maximum absolute atomic E-state index is 14.3. The molecule has 0 aromatic rings. The minimum atomic E-state index is -2.46. The van der Waals surface area contributed by atoms with Crippen molar-refractivity contribution in [3.8, 4) is 0 Å². The molecule has 1 heterocycles. The molecule has 0 bridgehead atoms. The molecule has 0 unspecified atom stereocenters. The van der Waals surface area contributed by atoms with E-state index in [-0.39, 0.29) is 36.2 Å². The molecule has 10 atom stereocenters. The Morgan fingerprint density at radius 2 is 1.67 bits per heavy atom. The van der Waals surface area contributed by atoms with Gasteiger partial charge in [0.15, 0.2) is 11.6 Å². The SMILES string of the molecule is C[C@@H]1C(=O)O[C@@H](C)/C=C/C=C\[C@@H](C)[C@@H]2C=C[C@@H]3C[C@@](C)(O)[C@H](OCCCCO)[C@@H](C)[C@H]3[C@@H]2C(=O)C(Cl)(Cl)C1=O. The first-order valence-corrected chi connectivity index (χ1v) is 14.6. The largest absolute Gasteiger partial charge is 0.458 e. The number of aliphatic hydroxyl groups excluding tert-OH is 1. The summed E-state index contributed by atoms with van der Waals surface area (Å²) in [6, 6.07) is 0. The first kappa shape index (κ1) is 32.0. The highest BCUT2D eigenvalue weighted by Gasteiger charge is 2.59. The van der Waals surface area contributed by atoms with E-state index in [4.69, 9.17) is 37.8 Å². The molecular weight excluding hydrogens is 543 g/mol. The van der Waals surface area contributed by atoms with Crippen LogP contribution in [-0.2, 0) is 23.9 Å². The van der Waals surface area contributed by atoms with Crippen LogP contribution in [0.1, 0.15) is 53.9 Å². The zero-order chi connectivity index (χ0) is 29.1. The minimum absolute atomic E-state index is 0.0563. The molecule has 0 amide bonds. The van der Waals surface area contributed by atoms with Crippen molar-refractivity contribution in [1.82, 2.24) is 0 Å². The molecule has 3 rings (SSSR count). The van der Waals surface area contributed by atoms with Gasteiger partial charge in [-0.2, -0.15) is 0 Å².